The summed E-state index contributed by atoms with van der Waals surface area (Å²) in [5, 5.41) is 8.55. The molecule has 0 atom stereocenters. The quantitative estimate of drug-likeness (QED) is 0.657. The van der Waals surface area contributed by atoms with Crippen LogP contribution in [0.1, 0.15) is 12.5 Å². The number of aliphatic carboxylic acids is 1. The Hall–Kier alpha value is -1.49. The maximum absolute atomic E-state index is 11.1. The predicted molar refractivity (Wildman–Crippen MR) is 66.9 cm³/mol. The number of carbonyl (C=O) groups is 2. The summed E-state index contributed by atoms with van der Waals surface area (Å²) in [7, 11) is 1.48. The lowest BCUT2D eigenvalue weighted by molar-refractivity contribution is -0.155. The first kappa shape index (κ1) is 13.6. The fourth-order valence-electron chi connectivity index (χ4n) is 1.37. The molecular weight excluding hydrogens is 238 g/mol. The fourth-order valence-corrected chi connectivity index (χ4v) is 2.03. The van der Waals surface area contributed by atoms with Crippen LogP contribution in [0.2, 0.25) is 0 Å². The third kappa shape index (κ3) is 4.11. The van der Waals surface area contributed by atoms with Crippen molar-refractivity contribution in [3.63, 3.8) is 0 Å². The van der Waals surface area contributed by atoms with Gasteiger partial charge in [-0.1, -0.05) is 19.1 Å². The molecule has 1 aromatic carbocycles. The van der Waals surface area contributed by atoms with E-state index in [1.807, 2.05) is 24.3 Å². The number of nitrogens with zero attached hydrogens (tertiary/aromatic N) is 1. The van der Waals surface area contributed by atoms with E-state index in [0.717, 1.165) is 11.3 Å². The minimum absolute atomic E-state index is 0.308. The normalized spacial score (nSPS) is 10.0. The summed E-state index contributed by atoms with van der Waals surface area (Å²) in [4.78, 5) is 24.0. The summed E-state index contributed by atoms with van der Waals surface area (Å²) in [6.45, 7) is 2.39. The smallest absolute Gasteiger partial charge is 0.394 e. The zero-order valence-corrected chi connectivity index (χ0v) is 10.7. The van der Waals surface area contributed by atoms with Crippen molar-refractivity contribution in [3.05, 3.63) is 29.8 Å². The van der Waals surface area contributed by atoms with Gasteiger partial charge in [-0.15, -0.1) is 11.8 Å². The molecule has 0 spiro atoms. The molecule has 4 nitrogen and oxygen atoms in total. The van der Waals surface area contributed by atoms with Crippen molar-refractivity contribution in [3.8, 4) is 0 Å². The average molecular weight is 253 g/mol. The Balaban J connectivity index is 2.63. The molecule has 1 aromatic rings. The van der Waals surface area contributed by atoms with Crippen LogP contribution in [0, 0.1) is 0 Å². The second kappa shape index (κ2) is 6.30. The van der Waals surface area contributed by atoms with E-state index in [1.54, 1.807) is 11.8 Å². The highest BCUT2D eigenvalue weighted by molar-refractivity contribution is 7.99. The van der Waals surface area contributed by atoms with Gasteiger partial charge in [0.25, 0.3) is 0 Å². The van der Waals surface area contributed by atoms with E-state index in [-0.39, 0.29) is 0 Å². The van der Waals surface area contributed by atoms with E-state index in [4.69, 9.17) is 5.11 Å². The maximum Gasteiger partial charge on any atom is 0.394 e. The standard InChI is InChI=1S/C12H15NO3S/c1-3-17-10-6-4-9(5-7-10)8-13(2)11(14)12(15)16/h4-7H,3,8H2,1-2H3,(H,15,16). The first-order valence-electron chi connectivity index (χ1n) is 5.24. The molecule has 0 saturated heterocycles. The van der Waals surface area contributed by atoms with Gasteiger partial charge in [0.1, 0.15) is 0 Å². The number of carbonyl (C=O) groups excluding carboxylic acids is 1. The number of carboxylic acids is 1. The third-order valence-corrected chi connectivity index (χ3v) is 3.08. The first-order chi connectivity index (χ1) is 8.04. The summed E-state index contributed by atoms with van der Waals surface area (Å²) in [5.74, 6) is -1.31. The Labute approximate surface area is 105 Å². The molecule has 0 bridgehead atoms. The number of hydrogen-bond donors (Lipinski definition) is 1. The largest absolute Gasteiger partial charge is 0.474 e. The number of amides is 1. The van der Waals surface area contributed by atoms with Gasteiger partial charge in [0, 0.05) is 18.5 Å². The van der Waals surface area contributed by atoms with Crippen molar-refractivity contribution in [2.45, 2.75) is 18.4 Å². The van der Waals surface area contributed by atoms with E-state index in [0.29, 0.717) is 6.54 Å². The maximum atomic E-state index is 11.1. The average Bonchev–Trinajstić information content (AvgIpc) is 2.30. The van der Waals surface area contributed by atoms with E-state index in [9.17, 15) is 9.59 Å². The molecule has 0 aromatic heterocycles. The summed E-state index contributed by atoms with van der Waals surface area (Å²) in [6.07, 6.45) is 0. The Morgan fingerprint density at radius 3 is 2.35 bits per heavy atom. The van der Waals surface area contributed by atoms with Crippen molar-refractivity contribution >= 4 is 23.6 Å². The van der Waals surface area contributed by atoms with E-state index in [2.05, 4.69) is 6.92 Å². The molecule has 0 unspecified atom stereocenters. The van der Waals surface area contributed by atoms with Gasteiger partial charge >= 0.3 is 11.9 Å². The number of rotatable bonds is 4. The molecular formula is C12H15NO3S. The summed E-state index contributed by atoms with van der Waals surface area (Å²) in [6, 6.07) is 7.76. The van der Waals surface area contributed by atoms with Gasteiger partial charge in [-0.3, -0.25) is 4.79 Å². The lowest BCUT2D eigenvalue weighted by Gasteiger charge is -2.14. The number of thioether (sulfide) groups is 1. The SMILES string of the molecule is CCSc1ccc(CN(C)C(=O)C(=O)O)cc1. The molecule has 0 saturated carbocycles. The van der Waals surface area contributed by atoms with Crippen molar-refractivity contribution in [2.24, 2.45) is 0 Å². The molecule has 1 amide bonds. The van der Waals surface area contributed by atoms with Crippen LogP contribution < -0.4 is 0 Å². The summed E-state index contributed by atoms with van der Waals surface area (Å²) < 4.78 is 0. The molecule has 5 heteroatoms. The van der Waals surface area contributed by atoms with E-state index < -0.39 is 11.9 Å². The monoisotopic (exact) mass is 253 g/mol. The number of benzene rings is 1. The van der Waals surface area contributed by atoms with Crippen LogP contribution in [-0.2, 0) is 16.1 Å². The molecule has 0 aliphatic heterocycles. The van der Waals surface area contributed by atoms with Crippen molar-refractivity contribution in [1.29, 1.82) is 0 Å². The predicted octanol–water partition coefficient (Wildman–Crippen LogP) is 1.84. The fraction of sp³-hybridized carbons (Fsp3) is 0.333. The van der Waals surface area contributed by atoms with E-state index in [1.165, 1.54) is 16.8 Å². The molecule has 0 fully saturated rings. The van der Waals surface area contributed by atoms with Crippen LogP contribution in [0.3, 0.4) is 0 Å². The van der Waals surface area contributed by atoms with Crippen LogP contribution in [-0.4, -0.2) is 34.7 Å². The van der Waals surface area contributed by atoms with Gasteiger partial charge < -0.3 is 10.0 Å². The second-order valence-corrected chi connectivity index (χ2v) is 4.88. The minimum Gasteiger partial charge on any atom is -0.474 e. The number of likely N-dealkylation sites (N-methyl/N-ethyl adjacent to an activating group) is 1. The van der Waals surface area contributed by atoms with Crippen molar-refractivity contribution < 1.29 is 14.7 Å². The van der Waals surface area contributed by atoms with Gasteiger partial charge in [0.15, 0.2) is 0 Å². The number of hydrogen-bond acceptors (Lipinski definition) is 3. The van der Waals surface area contributed by atoms with E-state index >= 15 is 0 Å². The van der Waals surface area contributed by atoms with Gasteiger partial charge in [-0.05, 0) is 23.4 Å². The molecule has 1 N–H and O–H groups in total. The van der Waals surface area contributed by atoms with Crippen LogP contribution in [0.25, 0.3) is 0 Å². The molecule has 92 valence electrons. The third-order valence-electron chi connectivity index (χ3n) is 2.18. The van der Waals surface area contributed by atoms with Crippen LogP contribution in [0.5, 0.6) is 0 Å². The van der Waals surface area contributed by atoms with Gasteiger partial charge in [-0.2, -0.15) is 0 Å². The highest BCUT2D eigenvalue weighted by atomic mass is 32.2. The van der Waals surface area contributed by atoms with Gasteiger partial charge in [-0.25, -0.2) is 4.79 Å². The molecule has 0 heterocycles. The molecule has 17 heavy (non-hydrogen) atoms. The molecule has 0 aliphatic rings. The van der Waals surface area contributed by atoms with Crippen molar-refractivity contribution in [1.82, 2.24) is 4.90 Å². The zero-order chi connectivity index (χ0) is 12.8. The molecule has 0 aliphatic carbocycles. The summed E-state index contributed by atoms with van der Waals surface area (Å²) >= 11 is 1.74. The Bertz CT molecular complexity index is 403. The molecule has 0 radical (unpaired) electrons. The minimum atomic E-state index is -1.43. The lowest BCUT2D eigenvalue weighted by Crippen LogP contribution is -2.32. The highest BCUT2D eigenvalue weighted by Gasteiger charge is 2.16. The van der Waals surface area contributed by atoms with Gasteiger partial charge in [0.05, 0.1) is 0 Å². The Morgan fingerprint density at radius 1 is 1.29 bits per heavy atom. The highest BCUT2D eigenvalue weighted by Crippen LogP contribution is 2.18. The van der Waals surface area contributed by atoms with Gasteiger partial charge in [0.2, 0.25) is 0 Å². The van der Waals surface area contributed by atoms with Crippen LogP contribution in [0.4, 0.5) is 0 Å². The molecule has 1 rings (SSSR count). The topological polar surface area (TPSA) is 57.6 Å². The second-order valence-electron chi connectivity index (χ2n) is 3.54. The van der Waals surface area contributed by atoms with Crippen LogP contribution in [0.15, 0.2) is 29.2 Å². The summed E-state index contributed by atoms with van der Waals surface area (Å²) in [5.41, 5.74) is 0.919. The first-order valence-corrected chi connectivity index (χ1v) is 6.23. The lowest BCUT2D eigenvalue weighted by atomic mass is 10.2. The number of carboxylic acid groups (broad SMARTS) is 1. The van der Waals surface area contributed by atoms with Crippen molar-refractivity contribution in [2.75, 3.05) is 12.8 Å². The Kier molecular flexibility index (Phi) is 5.03. The Morgan fingerprint density at radius 2 is 1.88 bits per heavy atom. The van der Waals surface area contributed by atoms with Crippen LogP contribution >= 0.6 is 11.8 Å². The zero-order valence-electron chi connectivity index (χ0n) is 9.84.